The Kier molecular flexibility index (Phi) is 4.88. The van der Waals surface area contributed by atoms with E-state index in [1.807, 2.05) is 0 Å². The predicted molar refractivity (Wildman–Crippen MR) is 73.0 cm³/mol. The van der Waals surface area contributed by atoms with Gasteiger partial charge in [-0.2, -0.15) is 0 Å². The highest BCUT2D eigenvalue weighted by molar-refractivity contribution is 7.91. The number of amides is 1. The van der Waals surface area contributed by atoms with Crippen molar-refractivity contribution in [2.24, 2.45) is 0 Å². The van der Waals surface area contributed by atoms with Gasteiger partial charge in [-0.15, -0.1) is 0 Å². The number of nitrogens with one attached hydrogen (secondary N) is 1. The SMILES string of the molecule is CC(C)S(=O)(=O)CCC(=O)Nc1ccc(F)cc1N. The zero-order valence-electron chi connectivity index (χ0n) is 10.8. The molecule has 0 spiro atoms. The lowest BCUT2D eigenvalue weighted by atomic mass is 10.2. The highest BCUT2D eigenvalue weighted by Gasteiger charge is 2.18. The molecule has 0 aliphatic rings. The number of benzene rings is 1. The van der Waals surface area contributed by atoms with Crippen molar-refractivity contribution in [2.75, 3.05) is 16.8 Å². The molecule has 1 rings (SSSR count). The molecule has 0 fully saturated rings. The van der Waals surface area contributed by atoms with Gasteiger partial charge in [0.25, 0.3) is 0 Å². The largest absolute Gasteiger partial charge is 0.397 e. The maximum absolute atomic E-state index is 12.8. The third-order valence-corrected chi connectivity index (χ3v) is 4.83. The van der Waals surface area contributed by atoms with Crippen molar-refractivity contribution in [3.8, 4) is 0 Å². The highest BCUT2D eigenvalue weighted by Crippen LogP contribution is 2.19. The number of hydrogen-bond donors (Lipinski definition) is 2. The second kappa shape index (κ2) is 6.01. The number of carbonyl (C=O) groups excluding carboxylic acids is 1. The van der Waals surface area contributed by atoms with Crippen molar-refractivity contribution in [1.29, 1.82) is 0 Å². The lowest BCUT2D eigenvalue weighted by Crippen LogP contribution is -2.22. The molecule has 0 unspecified atom stereocenters. The van der Waals surface area contributed by atoms with Gasteiger partial charge in [-0.05, 0) is 32.0 Å². The van der Waals surface area contributed by atoms with Gasteiger partial charge in [-0.1, -0.05) is 0 Å². The third-order valence-electron chi connectivity index (χ3n) is 2.62. The molecule has 5 nitrogen and oxygen atoms in total. The van der Waals surface area contributed by atoms with E-state index < -0.39 is 26.8 Å². The zero-order valence-corrected chi connectivity index (χ0v) is 11.6. The van der Waals surface area contributed by atoms with Crippen LogP contribution >= 0.6 is 0 Å². The van der Waals surface area contributed by atoms with E-state index in [2.05, 4.69) is 5.32 Å². The number of rotatable bonds is 5. The van der Waals surface area contributed by atoms with E-state index in [1.54, 1.807) is 13.8 Å². The second-order valence-corrected chi connectivity index (χ2v) is 7.12. The van der Waals surface area contributed by atoms with Crippen LogP contribution in [0.15, 0.2) is 18.2 Å². The van der Waals surface area contributed by atoms with E-state index in [9.17, 15) is 17.6 Å². The van der Waals surface area contributed by atoms with Gasteiger partial charge in [0.2, 0.25) is 5.91 Å². The number of hydrogen-bond acceptors (Lipinski definition) is 4. The molecule has 19 heavy (non-hydrogen) atoms. The van der Waals surface area contributed by atoms with Crippen molar-refractivity contribution in [1.82, 2.24) is 0 Å². The Morgan fingerprint density at radius 1 is 1.42 bits per heavy atom. The van der Waals surface area contributed by atoms with Gasteiger partial charge in [0.15, 0.2) is 9.84 Å². The summed E-state index contributed by atoms with van der Waals surface area (Å²) in [5.74, 6) is -1.20. The van der Waals surface area contributed by atoms with Gasteiger partial charge in [-0.3, -0.25) is 4.79 Å². The van der Waals surface area contributed by atoms with E-state index in [1.165, 1.54) is 6.07 Å². The van der Waals surface area contributed by atoms with E-state index in [-0.39, 0.29) is 23.5 Å². The van der Waals surface area contributed by atoms with E-state index in [0.29, 0.717) is 0 Å². The summed E-state index contributed by atoms with van der Waals surface area (Å²) in [5, 5.41) is 1.94. The van der Waals surface area contributed by atoms with Crippen LogP contribution in [0.3, 0.4) is 0 Å². The maximum Gasteiger partial charge on any atom is 0.225 e. The Bertz CT molecular complexity index is 570. The molecule has 0 aliphatic heterocycles. The molecular formula is C12H17FN2O3S. The monoisotopic (exact) mass is 288 g/mol. The number of sulfone groups is 1. The minimum absolute atomic E-state index is 0.0973. The molecule has 1 amide bonds. The summed E-state index contributed by atoms with van der Waals surface area (Å²) < 4.78 is 35.9. The Balaban J connectivity index is 2.62. The van der Waals surface area contributed by atoms with Crippen LogP contribution in [-0.4, -0.2) is 25.3 Å². The average molecular weight is 288 g/mol. The van der Waals surface area contributed by atoms with E-state index in [0.717, 1.165) is 12.1 Å². The molecule has 0 saturated heterocycles. The summed E-state index contributed by atoms with van der Waals surface area (Å²) in [4.78, 5) is 11.6. The van der Waals surface area contributed by atoms with Crippen LogP contribution in [0.2, 0.25) is 0 Å². The predicted octanol–water partition coefficient (Wildman–Crippen LogP) is 1.56. The molecule has 0 aliphatic carbocycles. The number of halogens is 1. The Morgan fingerprint density at radius 3 is 2.58 bits per heavy atom. The van der Waals surface area contributed by atoms with Gasteiger partial charge < -0.3 is 11.1 Å². The fourth-order valence-corrected chi connectivity index (χ4v) is 2.27. The van der Waals surface area contributed by atoms with Crippen LogP contribution < -0.4 is 11.1 Å². The minimum Gasteiger partial charge on any atom is -0.397 e. The van der Waals surface area contributed by atoms with Crippen molar-refractivity contribution >= 4 is 27.1 Å². The summed E-state index contributed by atoms with van der Waals surface area (Å²) in [5.41, 5.74) is 5.90. The molecule has 0 radical (unpaired) electrons. The molecule has 1 aromatic carbocycles. The van der Waals surface area contributed by atoms with Crippen LogP contribution in [0.25, 0.3) is 0 Å². The van der Waals surface area contributed by atoms with Crippen molar-refractivity contribution < 1.29 is 17.6 Å². The van der Waals surface area contributed by atoms with Crippen LogP contribution in [0.1, 0.15) is 20.3 Å². The second-order valence-electron chi connectivity index (χ2n) is 4.45. The quantitative estimate of drug-likeness (QED) is 0.805. The van der Waals surface area contributed by atoms with E-state index in [4.69, 9.17) is 5.73 Å². The molecule has 106 valence electrons. The topological polar surface area (TPSA) is 89.3 Å². The fourth-order valence-electron chi connectivity index (χ4n) is 1.33. The smallest absolute Gasteiger partial charge is 0.225 e. The zero-order chi connectivity index (χ0) is 14.6. The van der Waals surface area contributed by atoms with Crippen LogP contribution in [0.4, 0.5) is 15.8 Å². The molecule has 7 heteroatoms. The van der Waals surface area contributed by atoms with Crippen molar-refractivity contribution in [2.45, 2.75) is 25.5 Å². The lowest BCUT2D eigenvalue weighted by Gasteiger charge is -2.09. The van der Waals surface area contributed by atoms with Gasteiger partial charge >= 0.3 is 0 Å². The Hall–Kier alpha value is -1.63. The van der Waals surface area contributed by atoms with Gasteiger partial charge in [-0.25, -0.2) is 12.8 Å². The van der Waals surface area contributed by atoms with Crippen LogP contribution in [0, 0.1) is 5.82 Å². The fraction of sp³-hybridized carbons (Fsp3) is 0.417. The molecule has 0 bridgehead atoms. The summed E-state index contributed by atoms with van der Waals surface area (Å²) >= 11 is 0. The summed E-state index contributed by atoms with van der Waals surface area (Å²) in [6.07, 6.45) is -0.155. The highest BCUT2D eigenvalue weighted by atomic mass is 32.2. The van der Waals surface area contributed by atoms with Gasteiger partial charge in [0.1, 0.15) is 5.82 Å². The minimum atomic E-state index is -3.25. The molecule has 0 heterocycles. The third kappa shape index (κ3) is 4.51. The normalized spacial score (nSPS) is 11.6. The number of carbonyl (C=O) groups is 1. The molecule has 1 aromatic rings. The standard InChI is InChI=1S/C12H17FN2O3S/c1-8(2)19(17,18)6-5-12(16)15-11-4-3-9(13)7-10(11)14/h3-4,7-8H,5-6,14H2,1-2H3,(H,15,16). The van der Waals surface area contributed by atoms with Crippen molar-refractivity contribution in [3.63, 3.8) is 0 Å². The number of nitrogens with two attached hydrogens (primary N) is 1. The van der Waals surface area contributed by atoms with Crippen LogP contribution in [-0.2, 0) is 14.6 Å². The molecule has 0 aromatic heterocycles. The summed E-state index contributed by atoms with van der Waals surface area (Å²) in [6.45, 7) is 3.12. The van der Waals surface area contributed by atoms with E-state index >= 15 is 0 Å². The molecule has 3 N–H and O–H groups in total. The van der Waals surface area contributed by atoms with Crippen LogP contribution in [0.5, 0.6) is 0 Å². The lowest BCUT2D eigenvalue weighted by molar-refractivity contribution is -0.115. The number of nitrogen functional groups attached to an aromatic ring is 1. The summed E-state index contributed by atoms with van der Waals surface area (Å²) in [6, 6.07) is 3.58. The maximum atomic E-state index is 12.8. The van der Waals surface area contributed by atoms with Gasteiger partial charge in [0.05, 0.1) is 22.4 Å². The van der Waals surface area contributed by atoms with Gasteiger partial charge in [0, 0.05) is 6.42 Å². The first-order valence-electron chi connectivity index (χ1n) is 5.79. The Labute approximate surface area is 111 Å². The molecule has 0 atom stereocenters. The molecular weight excluding hydrogens is 271 g/mol. The Morgan fingerprint density at radius 2 is 2.05 bits per heavy atom. The first-order valence-corrected chi connectivity index (χ1v) is 7.50. The number of anilines is 2. The molecule has 0 saturated carbocycles. The summed E-state index contributed by atoms with van der Waals surface area (Å²) in [7, 11) is -3.25. The van der Waals surface area contributed by atoms with Crippen molar-refractivity contribution in [3.05, 3.63) is 24.0 Å². The average Bonchev–Trinajstić information content (AvgIpc) is 2.30. The first-order chi connectivity index (χ1) is 8.72. The first kappa shape index (κ1) is 15.4.